The summed E-state index contributed by atoms with van der Waals surface area (Å²) in [4.78, 5) is 15.9. The molecule has 1 aromatic carbocycles. The number of benzene rings is 1. The Kier molecular flexibility index (Phi) is 5.84. The zero-order valence-corrected chi connectivity index (χ0v) is 14.2. The molecule has 0 saturated carbocycles. The second kappa shape index (κ2) is 7.87. The van der Waals surface area contributed by atoms with E-state index in [1.54, 1.807) is 43.6 Å². The van der Waals surface area contributed by atoms with Crippen molar-refractivity contribution in [2.45, 2.75) is 13.0 Å². The van der Waals surface area contributed by atoms with Crippen molar-refractivity contribution in [1.82, 2.24) is 15.2 Å². The summed E-state index contributed by atoms with van der Waals surface area (Å²) in [5.74, 6) is -0.306. The van der Waals surface area contributed by atoms with Gasteiger partial charge in [0.2, 0.25) is 5.91 Å². The minimum absolute atomic E-state index is 0. The number of pyridine rings is 1. The van der Waals surface area contributed by atoms with Gasteiger partial charge in [0.25, 0.3) is 0 Å². The van der Waals surface area contributed by atoms with Crippen LogP contribution in [0.5, 0.6) is 0 Å². The molecule has 0 unspecified atom stereocenters. The number of H-pyrrole nitrogens is 1. The molecule has 6 nitrogen and oxygen atoms in total. The smallest absolute Gasteiger partial charge is 0.242 e. The average molecular weight is 362 g/mol. The number of carbonyl (C=O) groups excluding carboxylic acids is 1. The number of hydrogen-bond donors (Lipinski definition) is 3. The highest BCUT2D eigenvalue weighted by molar-refractivity contribution is 5.99. The average Bonchev–Trinajstić information content (AvgIpc) is 2.99. The van der Waals surface area contributed by atoms with Gasteiger partial charge in [-0.05, 0) is 48.9 Å². The Hall–Kier alpha value is -2.77. The summed E-state index contributed by atoms with van der Waals surface area (Å²) in [6.07, 6.45) is 3.29. The third-order valence-electron chi connectivity index (χ3n) is 3.52. The van der Waals surface area contributed by atoms with Gasteiger partial charge in [-0.3, -0.25) is 14.9 Å². The number of anilines is 1. The lowest BCUT2D eigenvalue weighted by Gasteiger charge is -2.09. The lowest BCUT2D eigenvalue weighted by atomic mass is 10.0. The molecule has 2 heterocycles. The van der Waals surface area contributed by atoms with E-state index in [9.17, 15) is 9.18 Å². The molecule has 25 heavy (non-hydrogen) atoms. The summed E-state index contributed by atoms with van der Waals surface area (Å²) >= 11 is 0. The van der Waals surface area contributed by atoms with E-state index in [-0.39, 0.29) is 24.1 Å². The summed E-state index contributed by atoms with van der Waals surface area (Å²) < 4.78 is 13.2. The van der Waals surface area contributed by atoms with Crippen LogP contribution in [0.4, 0.5) is 10.2 Å². The molecule has 8 heteroatoms. The number of amides is 1. The third kappa shape index (κ3) is 4.01. The van der Waals surface area contributed by atoms with Crippen LogP contribution < -0.4 is 11.1 Å². The van der Waals surface area contributed by atoms with E-state index in [0.717, 1.165) is 11.1 Å². The highest BCUT2D eigenvalue weighted by Crippen LogP contribution is 2.35. The summed E-state index contributed by atoms with van der Waals surface area (Å²) in [6.45, 7) is 1.59. The predicted octanol–water partition coefficient (Wildman–Crippen LogP) is 2.99. The summed E-state index contributed by atoms with van der Waals surface area (Å²) in [6, 6.07) is 8.97. The first-order chi connectivity index (χ1) is 11.6. The van der Waals surface area contributed by atoms with E-state index in [1.807, 2.05) is 0 Å². The van der Waals surface area contributed by atoms with Gasteiger partial charge in [0, 0.05) is 18.0 Å². The van der Waals surface area contributed by atoms with Crippen LogP contribution >= 0.6 is 12.4 Å². The SMILES string of the molecule is C[C@H](N)C(=O)Nc1n[nH]c(-c2ccc(F)cc2)c1-c1ccncc1.Cl. The van der Waals surface area contributed by atoms with E-state index in [1.165, 1.54) is 12.1 Å². The number of aromatic nitrogens is 3. The molecule has 1 atom stereocenters. The van der Waals surface area contributed by atoms with Crippen molar-refractivity contribution in [2.75, 3.05) is 5.32 Å². The highest BCUT2D eigenvalue weighted by Gasteiger charge is 2.19. The van der Waals surface area contributed by atoms with Crippen LogP contribution in [-0.4, -0.2) is 27.1 Å². The molecule has 1 amide bonds. The second-order valence-electron chi connectivity index (χ2n) is 5.34. The highest BCUT2D eigenvalue weighted by atomic mass is 35.5. The van der Waals surface area contributed by atoms with Crippen molar-refractivity contribution in [1.29, 1.82) is 0 Å². The van der Waals surface area contributed by atoms with Gasteiger partial charge < -0.3 is 11.1 Å². The van der Waals surface area contributed by atoms with Crippen LogP contribution in [-0.2, 0) is 4.79 Å². The van der Waals surface area contributed by atoms with Gasteiger partial charge in [0.15, 0.2) is 5.82 Å². The minimum atomic E-state index is -0.665. The number of hydrogen-bond acceptors (Lipinski definition) is 4. The molecule has 0 fully saturated rings. The van der Waals surface area contributed by atoms with Gasteiger partial charge in [0.05, 0.1) is 17.3 Å². The largest absolute Gasteiger partial charge is 0.320 e. The van der Waals surface area contributed by atoms with Gasteiger partial charge in [-0.15, -0.1) is 12.4 Å². The fraction of sp³-hybridized carbons (Fsp3) is 0.118. The number of halogens is 2. The van der Waals surface area contributed by atoms with Crippen molar-refractivity contribution >= 4 is 24.1 Å². The molecule has 0 saturated heterocycles. The fourth-order valence-electron chi connectivity index (χ4n) is 2.29. The first kappa shape index (κ1) is 18.6. The first-order valence-electron chi connectivity index (χ1n) is 7.37. The van der Waals surface area contributed by atoms with Crippen LogP contribution in [0.15, 0.2) is 48.8 Å². The standard InChI is InChI=1S/C17H16FN5O.ClH/c1-10(19)17(24)21-16-14(11-6-8-20-9-7-11)15(22-23-16)12-2-4-13(18)5-3-12;/h2-10H,19H2,1H3,(H2,21,22,23,24);1H/t10-;/m0./s1. The Morgan fingerprint density at radius 1 is 1.16 bits per heavy atom. The molecular weight excluding hydrogens is 345 g/mol. The van der Waals surface area contributed by atoms with Gasteiger partial charge >= 0.3 is 0 Å². The van der Waals surface area contributed by atoms with Gasteiger partial charge in [0.1, 0.15) is 5.82 Å². The molecule has 0 aliphatic carbocycles. The van der Waals surface area contributed by atoms with Crippen molar-refractivity contribution in [3.8, 4) is 22.4 Å². The van der Waals surface area contributed by atoms with E-state index in [2.05, 4.69) is 20.5 Å². The number of aromatic amines is 1. The molecule has 130 valence electrons. The van der Waals surface area contributed by atoms with Crippen LogP contribution in [0, 0.1) is 5.82 Å². The molecule has 0 spiro atoms. The number of rotatable bonds is 4. The van der Waals surface area contributed by atoms with Crippen molar-refractivity contribution < 1.29 is 9.18 Å². The predicted molar refractivity (Wildman–Crippen MR) is 96.7 cm³/mol. The van der Waals surface area contributed by atoms with Gasteiger partial charge in [-0.2, -0.15) is 5.10 Å². The Bertz CT molecular complexity index is 849. The topological polar surface area (TPSA) is 96.7 Å². The summed E-state index contributed by atoms with van der Waals surface area (Å²) in [5, 5.41) is 9.80. The summed E-state index contributed by atoms with van der Waals surface area (Å²) in [5.41, 5.74) is 8.53. The monoisotopic (exact) mass is 361 g/mol. The Balaban J connectivity index is 0.00000225. The molecule has 0 radical (unpaired) electrons. The lowest BCUT2D eigenvalue weighted by molar-refractivity contribution is -0.117. The fourth-order valence-corrected chi connectivity index (χ4v) is 2.29. The summed E-state index contributed by atoms with van der Waals surface area (Å²) in [7, 11) is 0. The van der Waals surface area contributed by atoms with Crippen molar-refractivity contribution in [3.63, 3.8) is 0 Å². The first-order valence-corrected chi connectivity index (χ1v) is 7.37. The van der Waals surface area contributed by atoms with Crippen molar-refractivity contribution in [3.05, 3.63) is 54.6 Å². The lowest BCUT2D eigenvalue weighted by Crippen LogP contribution is -2.32. The molecule has 0 aliphatic rings. The molecule has 2 aromatic heterocycles. The number of nitrogens with two attached hydrogens (primary N) is 1. The van der Waals surface area contributed by atoms with Crippen molar-refractivity contribution in [2.24, 2.45) is 5.73 Å². The number of carbonyl (C=O) groups is 1. The third-order valence-corrected chi connectivity index (χ3v) is 3.52. The Morgan fingerprint density at radius 3 is 2.40 bits per heavy atom. The van der Waals surface area contributed by atoms with E-state index in [0.29, 0.717) is 17.1 Å². The Labute approximate surface area is 150 Å². The quantitative estimate of drug-likeness (QED) is 0.665. The molecule has 3 aromatic rings. The van der Waals surface area contributed by atoms with Crippen LogP contribution in [0.25, 0.3) is 22.4 Å². The zero-order valence-electron chi connectivity index (χ0n) is 13.4. The minimum Gasteiger partial charge on any atom is -0.320 e. The van der Waals surface area contributed by atoms with Crippen LogP contribution in [0.1, 0.15) is 6.92 Å². The Morgan fingerprint density at radius 2 is 1.80 bits per heavy atom. The van der Waals surface area contributed by atoms with E-state index >= 15 is 0 Å². The maximum absolute atomic E-state index is 13.2. The van der Waals surface area contributed by atoms with Gasteiger partial charge in [-0.1, -0.05) is 0 Å². The second-order valence-corrected chi connectivity index (χ2v) is 5.34. The van der Waals surface area contributed by atoms with Crippen LogP contribution in [0.3, 0.4) is 0 Å². The maximum atomic E-state index is 13.2. The number of nitrogens with zero attached hydrogens (tertiary/aromatic N) is 2. The molecular formula is C17H17ClFN5O. The molecule has 4 N–H and O–H groups in total. The number of nitrogens with one attached hydrogen (secondary N) is 2. The molecule has 3 rings (SSSR count). The maximum Gasteiger partial charge on any atom is 0.242 e. The van der Waals surface area contributed by atoms with E-state index < -0.39 is 6.04 Å². The van der Waals surface area contributed by atoms with Crippen LogP contribution in [0.2, 0.25) is 0 Å². The molecule has 0 bridgehead atoms. The zero-order chi connectivity index (χ0) is 17.1. The molecule has 0 aliphatic heterocycles. The van der Waals surface area contributed by atoms with E-state index in [4.69, 9.17) is 5.73 Å². The van der Waals surface area contributed by atoms with Gasteiger partial charge in [-0.25, -0.2) is 4.39 Å². The normalized spacial score (nSPS) is 11.5.